The number of rotatable bonds is 4. The first-order valence-corrected chi connectivity index (χ1v) is 10.8. The highest BCUT2D eigenvalue weighted by Crippen LogP contribution is 2.33. The Morgan fingerprint density at radius 3 is 2.72 bits per heavy atom. The topological polar surface area (TPSA) is 89.7 Å². The number of likely N-dealkylation sites (N-methyl/N-ethyl adjacent to an activating group) is 1. The van der Waals surface area contributed by atoms with Crippen LogP contribution in [0.1, 0.15) is 17.2 Å². The molecule has 4 rings (SSSR count). The molecule has 1 aliphatic heterocycles. The quantitative estimate of drug-likeness (QED) is 0.641. The van der Waals surface area contributed by atoms with Crippen LogP contribution in [0, 0.1) is 0 Å². The number of amides is 1. The fraction of sp³-hybridized carbons (Fsp3) is 0.190. The zero-order valence-electron chi connectivity index (χ0n) is 15.6. The molecule has 0 aromatic heterocycles. The van der Waals surface area contributed by atoms with Crippen molar-refractivity contribution in [3.05, 3.63) is 70.7 Å². The zero-order chi connectivity index (χ0) is 20.8. The van der Waals surface area contributed by atoms with Crippen molar-refractivity contribution in [3.8, 4) is 5.75 Å². The monoisotopic (exact) mass is 430 g/mol. The van der Waals surface area contributed by atoms with Crippen LogP contribution in [0.2, 0.25) is 5.02 Å². The predicted molar refractivity (Wildman–Crippen MR) is 111 cm³/mol. The van der Waals surface area contributed by atoms with E-state index in [-0.39, 0.29) is 10.6 Å². The van der Waals surface area contributed by atoms with Crippen molar-refractivity contribution in [2.45, 2.75) is 17.4 Å². The molecule has 1 unspecified atom stereocenters. The molecule has 29 heavy (non-hydrogen) atoms. The number of halogens is 1. The van der Waals surface area contributed by atoms with Gasteiger partial charge in [-0.05, 0) is 60.3 Å². The largest absolute Gasteiger partial charge is 0.379 e. The first-order chi connectivity index (χ1) is 13.8. The lowest BCUT2D eigenvalue weighted by Gasteiger charge is -2.32. The smallest absolute Gasteiger partial charge is 0.339 e. The van der Waals surface area contributed by atoms with Crippen LogP contribution in [0.3, 0.4) is 0 Å². The molecule has 0 aliphatic carbocycles. The van der Waals surface area contributed by atoms with Gasteiger partial charge in [0.15, 0.2) is 0 Å². The second kappa shape index (κ2) is 7.33. The Hall–Kier alpha value is -2.61. The molecule has 0 spiro atoms. The van der Waals surface area contributed by atoms with E-state index >= 15 is 0 Å². The molecule has 0 saturated carbocycles. The van der Waals surface area contributed by atoms with Gasteiger partial charge in [-0.3, -0.25) is 9.69 Å². The van der Waals surface area contributed by atoms with Gasteiger partial charge >= 0.3 is 10.1 Å². The number of hydrogen-bond donors (Lipinski definition) is 1. The summed E-state index contributed by atoms with van der Waals surface area (Å²) in [5.74, 6) is -0.351. The van der Waals surface area contributed by atoms with Gasteiger partial charge in [0.05, 0.1) is 0 Å². The summed E-state index contributed by atoms with van der Waals surface area (Å²) in [4.78, 5) is 13.8. The molecular weight excluding hydrogens is 412 g/mol. The first-order valence-electron chi connectivity index (χ1n) is 9.01. The van der Waals surface area contributed by atoms with Crippen LogP contribution in [-0.4, -0.2) is 32.8 Å². The molecule has 2 N–H and O–H groups in total. The Kier molecular flexibility index (Phi) is 4.98. The molecule has 0 fully saturated rings. The molecular formula is C21H19ClN2O4S. The fourth-order valence-electron chi connectivity index (χ4n) is 3.69. The van der Waals surface area contributed by atoms with E-state index in [0.29, 0.717) is 22.5 Å². The number of nitrogens with two attached hydrogens (primary N) is 1. The minimum absolute atomic E-state index is 0.0218. The van der Waals surface area contributed by atoms with E-state index in [9.17, 15) is 13.2 Å². The van der Waals surface area contributed by atoms with Gasteiger partial charge in [0.2, 0.25) is 5.91 Å². The van der Waals surface area contributed by atoms with Crippen LogP contribution >= 0.6 is 11.6 Å². The number of carbonyl (C=O) groups excluding carboxylic acids is 1. The Labute approximate surface area is 174 Å². The number of nitrogens with zero attached hydrogens (tertiary/aromatic N) is 1. The van der Waals surface area contributed by atoms with Crippen molar-refractivity contribution < 1.29 is 17.4 Å². The molecule has 150 valence electrons. The average molecular weight is 431 g/mol. The van der Waals surface area contributed by atoms with Crippen LogP contribution < -0.4 is 9.92 Å². The Morgan fingerprint density at radius 2 is 1.97 bits per heavy atom. The van der Waals surface area contributed by atoms with Crippen molar-refractivity contribution in [2.24, 2.45) is 5.73 Å². The zero-order valence-corrected chi connectivity index (χ0v) is 17.2. The maximum absolute atomic E-state index is 12.8. The Morgan fingerprint density at radius 1 is 1.17 bits per heavy atom. The third-order valence-corrected chi connectivity index (χ3v) is 6.72. The predicted octanol–water partition coefficient (Wildman–Crippen LogP) is 3.28. The van der Waals surface area contributed by atoms with Crippen LogP contribution in [0.15, 0.2) is 59.5 Å². The molecule has 0 saturated heterocycles. The lowest BCUT2D eigenvalue weighted by molar-refractivity contribution is -0.123. The average Bonchev–Trinajstić information content (AvgIpc) is 2.67. The molecule has 0 bridgehead atoms. The summed E-state index contributed by atoms with van der Waals surface area (Å²) in [7, 11) is -2.26. The van der Waals surface area contributed by atoms with Crippen LogP contribution in [0.25, 0.3) is 10.8 Å². The maximum Gasteiger partial charge on any atom is 0.339 e. The van der Waals surface area contributed by atoms with Crippen LogP contribution in [-0.2, 0) is 21.3 Å². The van der Waals surface area contributed by atoms with Gasteiger partial charge in [0.25, 0.3) is 0 Å². The second-order valence-electron chi connectivity index (χ2n) is 7.06. The van der Waals surface area contributed by atoms with Crippen molar-refractivity contribution >= 4 is 38.4 Å². The van der Waals surface area contributed by atoms with E-state index in [1.54, 1.807) is 42.5 Å². The molecule has 6 nitrogen and oxygen atoms in total. The van der Waals surface area contributed by atoms with Gasteiger partial charge in [-0.1, -0.05) is 35.9 Å². The third kappa shape index (κ3) is 3.69. The van der Waals surface area contributed by atoms with Gasteiger partial charge in [0.1, 0.15) is 16.7 Å². The van der Waals surface area contributed by atoms with Crippen LogP contribution in [0.5, 0.6) is 5.75 Å². The van der Waals surface area contributed by atoms with E-state index in [1.807, 2.05) is 11.9 Å². The number of benzene rings is 3. The lowest BCUT2D eigenvalue weighted by Crippen LogP contribution is -2.40. The van der Waals surface area contributed by atoms with E-state index in [1.165, 1.54) is 12.1 Å². The summed E-state index contributed by atoms with van der Waals surface area (Å²) < 4.78 is 31.0. The maximum atomic E-state index is 12.8. The van der Waals surface area contributed by atoms with Gasteiger partial charge in [-0.25, -0.2) is 0 Å². The van der Waals surface area contributed by atoms with Crippen molar-refractivity contribution in [3.63, 3.8) is 0 Å². The molecule has 3 aromatic rings. The fourth-order valence-corrected chi connectivity index (χ4v) is 4.90. The second-order valence-corrected chi connectivity index (χ2v) is 9.01. The van der Waals surface area contributed by atoms with Crippen molar-refractivity contribution in [1.82, 2.24) is 4.90 Å². The summed E-state index contributed by atoms with van der Waals surface area (Å²) in [5, 5.41) is 2.00. The Balaban J connectivity index is 1.69. The Bertz CT molecular complexity index is 1230. The van der Waals surface area contributed by atoms with E-state index in [0.717, 1.165) is 17.4 Å². The minimum atomic E-state index is -4.07. The number of primary amides is 1. The summed E-state index contributed by atoms with van der Waals surface area (Å²) in [6, 6.07) is 14.3. The van der Waals surface area contributed by atoms with Crippen LogP contribution in [0.4, 0.5) is 0 Å². The van der Waals surface area contributed by atoms with Gasteiger partial charge < -0.3 is 9.92 Å². The summed E-state index contributed by atoms with van der Waals surface area (Å²) in [6.45, 7) is 0.693. The number of carbonyl (C=O) groups is 1. The summed E-state index contributed by atoms with van der Waals surface area (Å²) in [5.41, 5.74) is 7.18. The highest BCUT2D eigenvalue weighted by Gasteiger charge is 2.30. The minimum Gasteiger partial charge on any atom is -0.379 e. The molecule has 8 heteroatoms. The first kappa shape index (κ1) is 19.7. The van der Waals surface area contributed by atoms with Gasteiger partial charge in [-0.15, -0.1) is 0 Å². The molecule has 3 aromatic carbocycles. The van der Waals surface area contributed by atoms with Gasteiger partial charge in [-0.2, -0.15) is 8.42 Å². The molecule has 0 radical (unpaired) electrons. The normalized spacial score (nSPS) is 17.1. The standard InChI is InChI=1S/C21H19ClN2O4S/c1-24-10-9-13-5-6-15(12-18(13)20(24)21(23)25)28-29(26,27)16-7-8-17-14(11-16)3-2-4-19(17)22/h2-8,11-12,20H,9-10H2,1H3,(H2,23,25). The molecule has 1 aliphatic rings. The van der Waals surface area contributed by atoms with E-state index in [2.05, 4.69) is 0 Å². The molecule has 1 heterocycles. The van der Waals surface area contributed by atoms with Crippen molar-refractivity contribution in [2.75, 3.05) is 13.6 Å². The number of fused-ring (bicyclic) bond motifs is 2. The summed E-state index contributed by atoms with van der Waals surface area (Å²) in [6.07, 6.45) is 0.744. The van der Waals surface area contributed by atoms with E-state index < -0.39 is 22.1 Å². The number of hydrogen-bond acceptors (Lipinski definition) is 5. The summed E-state index contributed by atoms with van der Waals surface area (Å²) >= 11 is 6.15. The van der Waals surface area contributed by atoms with Gasteiger partial charge in [0, 0.05) is 17.0 Å². The lowest BCUT2D eigenvalue weighted by atomic mass is 9.92. The third-order valence-electron chi connectivity index (χ3n) is 5.15. The van der Waals surface area contributed by atoms with E-state index in [4.69, 9.17) is 21.5 Å². The highest BCUT2D eigenvalue weighted by molar-refractivity contribution is 7.87. The SMILES string of the molecule is CN1CCc2ccc(OS(=O)(=O)c3ccc4c(Cl)cccc4c3)cc2C1C(N)=O. The molecule has 1 amide bonds. The molecule has 1 atom stereocenters. The highest BCUT2D eigenvalue weighted by atomic mass is 35.5. The van der Waals surface area contributed by atoms with Crippen molar-refractivity contribution in [1.29, 1.82) is 0 Å².